The topological polar surface area (TPSA) is 33.1 Å². The lowest BCUT2D eigenvalue weighted by atomic mass is 10.2. The predicted octanol–water partition coefficient (Wildman–Crippen LogP) is 2.23. The summed E-state index contributed by atoms with van der Waals surface area (Å²) >= 11 is 0. The molecule has 1 saturated heterocycles. The molecule has 0 amide bonds. The van der Waals surface area contributed by atoms with E-state index in [1.807, 2.05) is 12.4 Å². The fourth-order valence-corrected chi connectivity index (χ4v) is 2.59. The number of piperazine rings is 1. The van der Waals surface area contributed by atoms with Gasteiger partial charge in [-0.15, -0.1) is 12.4 Å². The Hall–Kier alpha value is -1.43. The lowest BCUT2D eigenvalue weighted by Crippen LogP contribution is -2.48. The first-order valence-corrected chi connectivity index (χ1v) is 6.96. The number of hydrogen-bond acceptors (Lipinski definition) is 3. The molecule has 21 heavy (non-hydrogen) atoms. The van der Waals surface area contributed by atoms with E-state index in [0.29, 0.717) is 6.04 Å². The Kier molecular flexibility index (Phi) is 5.33. The normalized spacial score (nSPS) is 19.2. The Morgan fingerprint density at radius 2 is 2.10 bits per heavy atom. The fourth-order valence-electron chi connectivity index (χ4n) is 2.59. The standard InChI is InChI=1S/C15H19FN4.ClH/c1-12-9-19(7-6-17-12)10-13-8-18-20(11-13)15-4-2-14(16)3-5-15;/h2-5,8,11-12,17H,6-7,9-10H2,1H3;1H. The number of benzene rings is 1. The van der Waals surface area contributed by atoms with Crippen molar-refractivity contribution in [2.24, 2.45) is 0 Å². The van der Waals surface area contributed by atoms with E-state index in [2.05, 4.69) is 22.2 Å². The van der Waals surface area contributed by atoms with Crippen LogP contribution in [0.1, 0.15) is 12.5 Å². The third-order valence-corrected chi connectivity index (χ3v) is 3.59. The van der Waals surface area contributed by atoms with Crippen LogP contribution in [0.4, 0.5) is 4.39 Å². The van der Waals surface area contributed by atoms with Gasteiger partial charge in [0, 0.05) is 44.0 Å². The molecule has 1 fully saturated rings. The van der Waals surface area contributed by atoms with Crippen LogP contribution in [0, 0.1) is 5.82 Å². The summed E-state index contributed by atoms with van der Waals surface area (Å²) in [4.78, 5) is 2.42. The van der Waals surface area contributed by atoms with Gasteiger partial charge in [0.25, 0.3) is 0 Å². The van der Waals surface area contributed by atoms with E-state index in [4.69, 9.17) is 0 Å². The molecule has 3 rings (SSSR count). The Morgan fingerprint density at radius 3 is 2.81 bits per heavy atom. The van der Waals surface area contributed by atoms with E-state index < -0.39 is 0 Å². The van der Waals surface area contributed by atoms with Crippen molar-refractivity contribution in [2.45, 2.75) is 19.5 Å². The van der Waals surface area contributed by atoms with E-state index in [-0.39, 0.29) is 18.2 Å². The maximum Gasteiger partial charge on any atom is 0.123 e. The quantitative estimate of drug-likeness (QED) is 0.944. The van der Waals surface area contributed by atoms with Gasteiger partial charge in [0.15, 0.2) is 0 Å². The van der Waals surface area contributed by atoms with Gasteiger partial charge in [0.1, 0.15) is 5.82 Å². The molecule has 0 spiro atoms. The van der Waals surface area contributed by atoms with Crippen LogP contribution in [0.5, 0.6) is 0 Å². The highest BCUT2D eigenvalue weighted by Gasteiger charge is 2.16. The zero-order valence-corrected chi connectivity index (χ0v) is 12.8. The van der Waals surface area contributed by atoms with Crippen LogP contribution in [-0.4, -0.2) is 40.4 Å². The minimum absolute atomic E-state index is 0. The van der Waals surface area contributed by atoms with Crippen molar-refractivity contribution in [1.82, 2.24) is 20.0 Å². The average Bonchev–Trinajstić information content (AvgIpc) is 2.88. The summed E-state index contributed by atoms with van der Waals surface area (Å²) in [6.07, 6.45) is 3.90. The van der Waals surface area contributed by atoms with Crippen molar-refractivity contribution >= 4 is 12.4 Å². The monoisotopic (exact) mass is 310 g/mol. The van der Waals surface area contributed by atoms with Gasteiger partial charge in [-0.2, -0.15) is 5.10 Å². The second-order valence-corrected chi connectivity index (χ2v) is 5.36. The number of rotatable bonds is 3. The van der Waals surface area contributed by atoms with E-state index in [1.165, 1.54) is 17.7 Å². The third-order valence-electron chi connectivity index (χ3n) is 3.59. The van der Waals surface area contributed by atoms with Crippen molar-refractivity contribution in [1.29, 1.82) is 0 Å². The molecular formula is C15H20ClFN4. The Labute approximate surface area is 130 Å². The molecule has 1 aliphatic heterocycles. The minimum atomic E-state index is -0.226. The molecular weight excluding hydrogens is 291 g/mol. The molecule has 6 heteroatoms. The number of nitrogens with zero attached hydrogens (tertiary/aromatic N) is 3. The summed E-state index contributed by atoms with van der Waals surface area (Å²) < 4.78 is 14.7. The van der Waals surface area contributed by atoms with Crippen molar-refractivity contribution in [3.05, 3.63) is 48.0 Å². The second-order valence-electron chi connectivity index (χ2n) is 5.36. The lowest BCUT2D eigenvalue weighted by Gasteiger charge is -2.31. The smallest absolute Gasteiger partial charge is 0.123 e. The average molecular weight is 311 g/mol. The maximum absolute atomic E-state index is 12.9. The first-order valence-electron chi connectivity index (χ1n) is 6.96. The molecule has 0 aliphatic carbocycles. The van der Waals surface area contributed by atoms with Gasteiger partial charge >= 0.3 is 0 Å². The number of hydrogen-bond donors (Lipinski definition) is 1. The highest BCUT2D eigenvalue weighted by atomic mass is 35.5. The molecule has 4 nitrogen and oxygen atoms in total. The highest BCUT2D eigenvalue weighted by molar-refractivity contribution is 5.85. The SMILES string of the molecule is CC1CN(Cc2cnn(-c3ccc(F)cc3)c2)CCN1.Cl. The van der Waals surface area contributed by atoms with Gasteiger partial charge in [0.05, 0.1) is 11.9 Å². The molecule has 0 radical (unpaired) electrons. The summed E-state index contributed by atoms with van der Waals surface area (Å²) in [7, 11) is 0. The number of halogens is 2. The summed E-state index contributed by atoms with van der Waals surface area (Å²) in [5.74, 6) is -0.226. The maximum atomic E-state index is 12.9. The fraction of sp³-hybridized carbons (Fsp3) is 0.400. The Balaban J connectivity index is 0.00000161. The van der Waals surface area contributed by atoms with E-state index in [1.54, 1.807) is 16.8 Å². The van der Waals surface area contributed by atoms with Crippen molar-refractivity contribution in [3.63, 3.8) is 0 Å². The number of aromatic nitrogens is 2. The van der Waals surface area contributed by atoms with Gasteiger partial charge < -0.3 is 5.32 Å². The third kappa shape index (κ3) is 4.03. The summed E-state index contributed by atoms with van der Waals surface area (Å²) in [5.41, 5.74) is 2.06. The molecule has 2 heterocycles. The second kappa shape index (κ2) is 7.02. The van der Waals surface area contributed by atoms with Crippen LogP contribution < -0.4 is 5.32 Å². The van der Waals surface area contributed by atoms with Gasteiger partial charge in [-0.05, 0) is 31.2 Å². The van der Waals surface area contributed by atoms with Crippen LogP contribution in [0.3, 0.4) is 0 Å². The first-order chi connectivity index (χ1) is 9.70. The van der Waals surface area contributed by atoms with Crippen LogP contribution in [-0.2, 0) is 6.54 Å². The van der Waals surface area contributed by atoms with Crippen LogP contribution in [0.25, 0.3) is 5.69 Å². The molecule has 2 aromatic rings. The number of nitrogens with one attached hydrogen (secondary N) is 1. The molecule has 1 aliphatic rings. The molecule has 1 atom stereocenters. The first kappa shape index (κ1) is 15.9. The predicted molar refractivity (Wildman–Crippen MR) is 83.5 cm³/mol. The zero-order chi connectivity index (χ0) is 13.9. The summed E-state index contributed by atoms with van der Waals surface area (Å²) in [6, 6.07) is 6.91. The van der Waals surface area contributed by atoms with E-state index >= 15 is 0 Å². The summed E-state index contributed by atoms with van der Waals surface area (Å²) in [5, 5.41) is 7.79. The highest BCUT2D eigenvalue weighted by Crippen LogP contribution is 2.12. The van der Waals surface area contributed by atoms with Gasteiger partial charge in [0.2, 0.25) is 0 Å². The van der Waals surface area contributed by atoms with Gasteiger partial charge in [-0.25, -0.2) is 9.07 Å². The molecule has 0 saturated carbocycles. The summed E-state index contributed by atoms with van der Waals surface area (Å²) in [6.45, 7) is 6.27. The van der Waals surface area contributed by atoms with Gasteiger partial charge in [-0.1, -0.05) is 0 Å². The Bertz CT molecular complexity index is 569. The van der Waals surface area contributed by atoms with Crippen molar-refractivity contribution < 1.29 is 4.39 Å². The van der Waals surface area contributed by atoms with Crippen molar-refractivity contribution in [2.75, 3.05) is 19.6 Å². The molecule has 1 aromatic heterocycles. The molecule has 1 unspecified atom stereocenters. The Morgan fingerprint density at radius 1 is 1.33 bits per heavy atom. The largest absolute Gasteiger partial charge is 0.312 e. The van der Waals surface area contributed by atoms with Crippen LogP contribution >= 0.6 is 12.4 Å². The van der Waals surface area contributed by atoms with Crippen molar-refractivity contribution in [3.8, 4) is 5.69 Å². The van der Waals surface area contributed by atoms with E-state index in [0.717, 1.165) is 31.9 Å². The van der Waals surface area contributed by atoms with Gasteiger partial charge in [-0.3, -0.25) is 4.90 Å². The molecule has 1 aromatic carbocycles. The van der Waals surface area contributed by atoms with Crippen LogP contribution in [0.2, 0.25) is 0 Å². The van der Waals surface area contributed by atoms with Crippen LogP contribution in [0.15, 0.2) is 36.7 Å². The molecule has 0 bridgehead atoms. The molecule has 114 valence electrons. The minimum Gasteiger partial charge on any atom is -0.312 e. The molecule has 1 N–H and O–H groups in total. The zero-order valence-electron chi connectivity index (χ0n) is 12.0. The van der Waals surface area contributed by atoms with E-state index in [9.17, 15) is 4.39 Å². The lowest BCUT2D eigenvalue weighted by molar-refractivity contribution is 0.199.